The van der Waals surface area contributed by atoms with E-state index in [1.54, 1.807) is 12.0 Å². The molecule has 0 saturated carbocycles. The Kier molecular flexibility index (Phi) is 10.1. The van der Waals surface area contributed by atoms with Gasteiger partial charge in [0.2, 0.25) is 5.91 Å². The summed E-state index contributed by atoms with van der Waals surface area (Å²) in [7, 11) is 1.61. The highest BCUT2D eigenvalue weighted by atomic mass is 16.5. The molecular formula is C26H36N2O4. The predicted molar refractivity (Wildman–Crippen MR) is 127 cm³/mol. The van der Waals surface area contributed by atoms with Crippen LogP contribution in [0.2, 0.25) is 0 Å². The molecule has 0 unspecified atom stereocenters. The highest BCUT2D eigenvalue weighted by molar-refractivity contribution is 5.88. The molecule has 2 aromatic carbocycles. The first-order valence-corrected chi connectivity index (χ1v) is 11.3. The number of hydrogen-bond acceptors (Lipinski definition) is 4. The molecule has 0 aliphatic rings. The number of carbonyl (C=O) groups excluding carboxylic acids is 2. The summed E-state index contributed by atoms with van der Waals surface area (Å²) in [6, 6.07) is 12.7. The highest BCUT2D eigenvalue weighted by Crippen LogP contribution is 2.19. The minimum absolute atomic E-state index is 0.134. The van der Waals surface area contributed by atoms with Gasteiger partial charge in [0.25, 0.3) is 5.91 Å². The van der Waals surface area contributed by atoms with Crippen LogP contribution >= 0.6 is 0 Å². The quantitative estimate of drug-likeness (QED) is 0.496. The van der Waals surface area contributed by atoms with Crippen molar-refractivity contribution in [3.05, 3.63) is 59.2 Å². The number of amides is 2. The van der Waals surface area contributed by atoms with Gasteiger partial charge in [0.1, 0.15) is 17.5 Å². The van der Waals surface area contributed by atoms with E-state index in [1.807, 2.05) is 63.2 Å². The summed E-state index contributed by atoms with van der Waals surface area (Å²) in [6.45, 7) is 8.80. The monoisotopic (exact) mass is 440 g/mol. The van der Waals surface area contributed by atoms with Gasteiger partial charge in [-0.25, -0.2) is 0 Å². The molecule has 6 nitrogen and oxygen atoms in total. The maximum Gasteiger partial charge on any atom is 0.261 e. The number of hydrogen-bond donors (Lipinski definition) is 1. The van der Waals surface area contributed by atoms with Crippen molar-refractivity contribution in [1.29, 1.82) is 0 Å². The van der Waals surface area contributed by atoms with Gasteiger partial charge in [-0.1, -0.05) is 38.5 Å². The zero-order valence-corrected chi connectivity index (χ0v) is 19.9. The van der Waals surface area contributed by atoms with E-state index < -0.39 is 6.04 Å². The van der Waals surface area contributed by atoms with E-state index in [9.17, 15) is 9.59 Å². The van der Waals surface area contributed by atoms with E-state index in [4.69, 9.17) is 9.47 Å². The molecule has 0 radical (unpaired) electrons. The zero-order chi connectivity index (χ0) is 23.5. The molecular weight excluding hydrogens is 404 g/mol. The number of methoxy groups -OCH3 is 1. The van der Waals surface area contributed by atoms with Crippen LogP contribution in [0.3, 0.4) is 0 Å². The van der Waals surface area contributed by atoms with Crippen molar-refractivity contribution in [2.24, 2.45) is 0 Å². The molecule has 1 atom stereocenters. The van der Waals surface area contributed by atoms with Crippen LogP contribution in [0.15, 0.2) is 42.5 Å². The Morgan fingerprint density at radius 3 is 2.47 bits per heavy atom. The minimum Gasteiger partial charge on any atom is -0.497 e. The molecule has 6 heteroatoms. The number of benzene rings is 2. The van der Waals surface area contributed by atoms with Gasteiger partial charge in [-0.2, -0.15) is 0 Å². The smallest absolute Gasteiger partial charge is 0.261 e. The summed E-state index contributed by atoms with van der Waals surface area (Å²) in [5.74, 6) is 0.983. The first-order valence-electron chi connectivity index (χ1n) is 11.3. The van der Waals surface area contributed by atoms with Gasteiger partial charge in [-0.15, -0.1) is 0 Å². The number of rotatable bonds is 12. The topological polar surface area (TPSA) is 67.9 Å². The van der Waals surface area contributed by atoms with Crippen LogP contribution in [0.25, 0.3) is 0 Å². The lowest BCUT2D eigenvalue weighted by Crippen LogP contribution is -2.50. The van der Waals surface area contributed by atoms with Crippen molar-refractivity contribution in [3.63, 3.8) is 0 Å². The Balaban J connectivity index is 2.20. The van der Waals surface area contributed by atoms with Crippen LogP contribution in [0.1, 0.15) is 49.8 Å². The second kappa shape index (κ2) is 12.7. The molecule has 2 amide bonds. The van der Waals surface area contributed by atoms with Gasteiger partial charge in [0.05, 0.1) is 7.11 Å². The molecule has 174 valence electrons. The Labute approximate surface area is 191 Å². The van der Waals surface area contributed by atoms with Crippen molar-refractivity contribution >= 4 is 11.8 Å². The Bertz CT molecular complexity index is 897. The SMILES string of the molecule is CCCCNC(=O)[C@@H](CC)N(Cc1cccc(OC)c1)C(=O)COc1ccc(C)c(C)c1. The molecule has 2 rings (SSSR count). The molecule has 0 aliphatic heterocycles. The van der Waals surface area contributed by atoms with E-state index in [-0.39, 0.29) is 18.4 Å². The highest BCUT2D eigenvalue weighted by Gasteiger charge is 2.29. The molecule has 0 bridgehead atoms. The molecule has 0 aromatic heterocycles. The van der Waals surface area contributed by atoms with Crippen LogP contribution in [-0.2, 0) is 16.1 Å². The lowest BCUT2D eigenvalue weighted by Gasteiger charge is -2.30. The van der Waals surface area contributed by atoms with E-state index in [2.05, 4.69) is 12.2 Å². The summed E-state index contributed by atoms with van der Waals surface area (Å²) >= 11 is 0. The maximum atomic E-state index is 13.3. The van der Waals surface area contributed by atoms with Crippen LogP contribution in [0.4, 0.5) is 0 Å². The summed E-state index contributed by atoms with van der Waals surface area (Å²) in [6.07, 6.45) is 2.41. The van der Waals surface area contributed by atoms with E-state index >= 15 is 0 Å². The summed E-state index contributed by atoms with van der Waals surface area (Å²) < 4.78 is 11.1. The fraction of sp³-hybridized carbons (Fsp3) is 0.462. The number of nitrogens with zero attached hydrogens (tertiary/aromatic N) is 1. The van der Waals surface area contributed by atoms with Gasteiger partial charge in [-0.05, 0) is 67.6 Å². The fourth-order valence-corrected chi connectivity index (χ4v) is 3.42. The lowest BCUT2D eigenvalue weighted by molar-refractivity contribution is -0.143. The second-order valence-electron chi connectivity index (χ2n) is 7.98. The van der Waals surface area contributed by atoms with Gasteiger partial charge >= 0.3 is 0 Å². The molecule has 1 N–H and O–H groups in total. The Hall–Kier alpha value is -3.02. The fourth-order valence-electron chi connectivity index (χ4n) is 3.42. The van der Waals surface area contributed by atoms with Crippen LogP contribution in [-0.4, -0.2) is 43.0 Å². The summed E-state index contributed by atoms with van der Waals surface area (Å²) in [5.41, 5.74) is 3.16. The van der Waals surface area contributed by atoms with Crippen LogP contribution in [0.5, 0.6) is 11.5 Å². The molecule has 0 heterocycles. The van der Waals surface area contributed by atoms with E-state index in [1.165, 1.54) is 0 Å². The number of ether oxygens (including phenoxy) is 2. The molecule has 32 heavy (non-hydrogen) atoms. The summed E-state index contributed by atoms with van der Waals surface area (Å²) in [5, 5.41) is 2.97. The van der Waals surface area contributed by atoms with Gasteiger partial charge in [-0.3, -0.25) is 9.59 Å². The molecule has 0 saturated heterocycles. The average molecular weight is 441 g/mol. The second-order valence-corrected chi connectivity index (χ2v) is 7.98. The zero-order valence-electron chi connectivity index (χ0n) is 19.9. The number of carbonyl (C=O) groups is 2. The molecule has 0 spiro atoms. The average Bonchev–Trinajstić information content (AvgIpc) is 2.79. The van der Waals surface area contributed by atoms with Crippen LogP contribution in [0, 0.1) is 13.8 Å². The van der Waals surface area contributed by atoms with Crippen LogP contribution < -0.4 is 14.8 Å². The summed E-state index contributed by atoms with van der Waals surface area (Å²) in [4.78, 5) is 27.8. The van der Waals surface area contributed by atoms with Gasteiger partial charge < -0.3 is 19.7 Å². The first kappa shape index (κ1) is 25.2. The predicted octanol–water partition coefficient (Wildman–Crippen LogP) is 4.41. The van der Waals surface area contributed by atoms with Crippen molar-refractivity contribution in [1.82, 2.24) is 10.2 Å². The van der Waals surface area contributed by atoms with Gasteiger partial charge in [0.15, 0.2) is 6.61 Å². The third-order valence-electron chi connectivity index (χ3n) is 5.54. The number of unbranched alkanes of at least 4 members (excludes halogenated alkanes) is 1. The van der Waals surface area contributed by atoms with Crippen molar-refractivity contribution in [2.75, 3.05) is 20.3 Å². The van der Waals surface area contributed by atoms with E-state index in [0.717, 1.165) is 29.5 Å². The third kappa shape index (κ3) is 7.29. The maximum absolute atomic E-state index is 13.3. The Morgan fingerprint density at radius 2 is 1.81 bits per heavy atom. The first-order chi connectivity index (χ1) is 15.4. The normalized spacial score (nSPS) is 11.5. The lowest BCUT2D eigenvalue weighted by atomic mass is 10.1. The standard InChI is InChI=1S/C26H36N2O4/c1-6-8-14-27-26(30)24(7-2)28(17-21-10-9-11-22(16-21)31-5)25(29)18-32-23-13-12-19(3)20(4)15-23/h9-13,15-16,24H,6-8,14,17-18H2,1-5H3,(H,27,30)/t24-/m1/s1. The Morgan fingerprint density at radius 1 is 1.03 bits per heavy atom. The van der Waals surface area contributed by atoms with E-state index in [0.29, 0.717) is 31.0 Å². The molecule has 2 aromatic rings. The van der Waals surface area contributed by atoms with Gasteiger partial charge in [0, 0.05) is 13.1 Å². The number of aryl methyl sites for hydroxylation is 2. The number of nitrogens with one attached hydrogen (secondary N) is 1. The largest absolute Gasteiger partial charge is 0.497 e. The van der Waals surface area contributed by atoms with Crippen molar-refractivity contribution in [3.8, 4) is 11.5 Å². The van der Waals surface area contributed by atoms with Crippen molar-refractivity contribution in [2.45, 2.75) is 59.5 Å². The minimum atomic E-state index is -0.575. The molecule has 0 aliphatic carbocycles. The van der Waals surface area contributed by atoms with Crippen molar-refractivity contribution < 1.29 is 19.1 Å². The third-order valence-corrected chi connectivity index (χ3v) is 5.54. The molecule has 0 fully saturated rings.